The van der Waals surface area contributed by atoms with Crippen molar-refractivity contribution in [3.63, 3.8) is 0 Å². The van der Waals surface area contributed by atoms with E-state index in [2.05, 4.69) is 10.1 Å². The second kappa shape index (κ2) is 9.28. The Kier molecular flexibility index (Phi) is 6.55. The number of nitro benzene ring substituents is 1. The van der Waals surface area contributed by atoms with E-state index in [9.17, 15) is 23.7 Å². The van der Waals surface area contributed by atoms with Gasteiger partial charge in [-0.1, -0.05) is 12.1 Å². The Morgan fingerprint density at radius 3 is 2.52 bits per heavy atom. The second-order valence-electron chi connectivity index (χ2n) is 6.27. The highest BCUT2D eigenvalue weighted by Crippen LogP contribution is 2.30. The third-order valence-corrected chi connectivity index (χ3v) is 4.39. The molecule has 0 atom stereocenters. The summed E-state index contributed by atoms with van der Waals surface area (Å²) in [6.45, 7) is -0.722. The van der Waals surface area contributed by atoms with Crippen LogP contribution < -0.4 is 15.0 Å². The van der Waals surface area contributed by atoms with Crippen molar-refractivity contribution in [2.24, 2.45) is 0 Å². The van der Waals surface area contributed by atoms with Crippen LogP contribution in [0.1, 0.15) is 15.9 Å². The van der Waals surface area contributed by atoms with Crippen molar-refractivity contribution in [1.29, 1.82) is 0 Å². The number of anilines is 1. The lowest BCUT2D eigenvalue weighted by molar-refractivity contribution is -0.384. The fourth-order valence-electron chi connectivity index (χ4n) is 2.96. The third-order valence-electron chi connectivity index (χ3n) is 4.39. The molecule has 154 valence electrons. The van der Waals surface area contributed by atoms with Crippen LogP contribution in [-0.2, 0) is 11.3 Å². The van der Waals surface area contributed by atoms with E-state index in [1.165, 1.54) is 24.3 Å². The van der Waals surface area contributed by atoms with Crippen LogP contribution in [0, 0.1) is 10.1 Å². The Morgan fingerprint density at radius 1 is 1.21 bits per heavy atom. The van der Waals surface area contributed by atoms with Crippen LogP contribution in [0.15, 0.2) is 42.5 Å². The number of hydrogen-bond donors (Lipinski definition) is 1. The number of nitro groups is 1. The van der Waals surface area contributed by atoms with Crippen molar-refractivity contribution in [2.75, 3.05) is 31.2 Å². The average molecular weight is 407 g/mol. The van der Waals surface area contributed by atoms with Crippen molar-refractivity contribution >= 4 is 17.3 Å². The smallest absolute Gasteiger partial charge is 0.387 e. The number of halogens is 2. The number of carbonyl (C=O) groups excluding carboxylic acids is 1. The van der Waals surface area contributed by atoms with E-state index in [-0.39, 0.29) is 23.5 Å². The number of morpholine rings is 1. The molecule has 1 saturated heterocycles. The van der Waals surface area contributed by atoms with E-state index in [4.69, 9.17) is 4.74 Å². The van der Waals surface area contributed by atoms with E-state index in [1.54, 1.807) is 18.2 Å². The van der Waals surface area contributed by atoms with Gasteiger partial charge in [-0.2, -0.15) is 8.78 Å². The van der Waals surface area contributed by atoms with Gasteiger partial charge in [-0.3, -0.25) is 14.9 Å². The van der Waals surface area contributed by atoms with Crippen molar-refractivity contribution < 1.29 is 28.0 Å². The number of rotatable bonds is 7. The zero-order valence-corrected chi connectivity index (χ0v) is 15.3. The number of hydrogen-bond acceptors (Lipinski definition) is 6. The summed E-state index contributed by atoms with van der Waals surface area (Å²) in [7, 11) is 0. The fourth-order valence-corrected chi connectivity index (χ4v) is 2.96. The quantitative estimate of drug-likeness (QED) is 0.560. The zero-order valence-electron chi connectivity index (χ0n) is 15.3. The van der Waals surface area contributed by atoms with Gasteiger partial charge in [-0.25, -0.2) is 0 Å². The van der Waals surface area contributed by atoms with Crippen LogP contribution in [0.4, 0.5) is 20.2 Å². The first kappa shape index (κ1) is 20.5. The molecule has 0 aliphatic carbocycles. The van der Waals surface area contributed by atoms with E-state index in [0.29, 0.717) is 37.6 Å². The molecule has 0 saturated carbocycles. The van der Waals surface area contributed by atoms with Crippen LogP contribution in [0.3, 0.4) is 0 Å². The van der Waals surface area contributed by atoms with Gasteiger partial charge in [0.05, 0.1) is 18.1 Å². The summed E-state index contributed by atoms with van der Waals surface area (Å²) in [4.78, 5) is 25.2. The summed E-state index contributed by atoms with van der Waals surface area (Å²) in [5.74, 6) is -0.459. The maximum absolute atomic E-state index is 12.4. The Hall–Kier alpha value is -3.27. The largest absolute Gasteiger partial charge is 0.435 e. The minimum absolute atomic E-state index is 0.0180. The number of benzene rings is 2. The Bertz CT molecular complexity index is 871. The molecule has 1 amide bonds. The van der Waals surface area contributed by atoms with Gasteiger partial charge in [0.25, 0.3) is 11.6 Å². The molecule has 1 aliphatic heterocycles. The Labute approximate surface area is 165 Å². The summed E-state index contributed by atoms with van der Waals surface area (Å²) in [6.07, 6.45) is 0. The third kappa shape index (κ3) is 5.38. The first-order valence-electron chi connectivity index (χ1n) is 8.87. The van der Waals surface area contributed by atoms with Gasteiger partial charge in [0, 0.05) is 31.3 Å². The Balaban J connectivity index is 1.67. The molecule has 0 bridgehead atoms. The van der Waals surface area contributed by atoms with Crippen LogP contribution in [0.5, 0.6) is 5.75 Å². The van der Waals surface area contributed by atoms with Crippen LogP contribution in [-0.4, -0.2) is 43.7 Å². The minimum atomic E-state index is -2.91. The highest BCUT2D eigenvalue weighted by atomic mass is 19.3. The first-order valence-corrected chi connectivity index (χ1v) is 8.87. The molecule has 0 aromatic heterocycles. The molecule has 8 nitrogen and oxygen atoms in total. The summed E-state index contributed by atoms with van der Waals surface area (Å²) < 4.78 is 33.9. The zero-order chi connectivity index (χ0) is 20.8. The highest BCUT2D eigenvalue weighted by Gasteiger charge is 2.23. The van der Waals surface area contributed by atoms with Crippen molar-refractivity contribution in [3.05, 3.63) is 63.7 Å². The number of nitrogens with zero attached hydrogens (tertiary/aromatic N) is 2. The van der Waals surface area contributed by atoms with Gasteiger partial charge >= 0.3 is 6.61 Å². The van der Waals surface area contributed by atoms with E-state index in [0.717, 1.165) is 0 Å². The van der Waals surface area contributed by atoms with Crippen molar-refractivity contribution in [2.45, 2.75) is 13.2 Å². The van der Waals surface area contributed by atoms with Gasteiger partial charge in [-0.15, -0.1) is 0 Å². The van der Waals surface area contributed by atoms with E-state index in [1.807, 2.05) is 4.90 Å². The summed E-state index contributed by atoms with van der Waals surface area (Å²) in [5, 5.41) is 14.1. The first-order chi connectivity index (χ1) is 13.9. The van der Waals surface area contributed by atoms with Gasteiger partial charge in [0.1, 0.15) is 11.4 Å². The van der Waals surface area contributed by atoms with E-state index < -0.39 is 17.4 Å². The molecule has 1 heterocycles. The van der Waals surface area contributed by atoms with Crippen LogP contribution in [0.25, 0.3) is 0 Å². The highest BCUT2D eigenvalue weighted by molar-refractivity contribution is 5.95. The second-order valence-corrected chi connectivity index (χ2v) is 6.27. The number of carbonyl (C=O) groups is 1. The molecule has 2 aromatic rings. The molecule has 2 aromatic carbocycles. The number of nitrogens with one attached hydrogen (secondary N) is 1. The summed E-state index contributed by atoms with van der Waals surface area (Å²) in [6, 6.07) is 10.2. The predicted molar refractivity (Wildman–Crippen MR) is 100 cm³/mol. The fraction of sp³-hybridized carbons (Fsp3) is 0.316. The van der Waals surface area contributed by atoms with Gasteiger partial charge in [0.2, 0.25) is 0 Å². The monoisotopic (exact) mass is 407 g/mol. The lowest BCUT2D eigenvalue weighted by atomic mass is 10.1. The molecule has 10 heteroatoms. The topological polar surface area (TPSA) is 93.9 Å². The molecular weight excluding hydrogens is 388 g/mol. The lowest BCUT2D eigenvalue weighted by Crippen LogP contribution is -2.36. The van der Waals surface area contributed by atoms with E-state index >= 15 is 0 Å². The molecule has 0 unspecified atom stereocenters. The maximum Gasteiger partial charge on any atom is 0.387 e. The lowest BCUT2D eigenvalue weighted by Gasteiger charge is -2.28. The van der Waals surface area contributed by atoms with Gasteiger partial charge in [0.15, 0.2) is 0 Å². The number of ether oxygens (including phenoxy) is 2. The van der Waals surface area contributed by atoms with Crippen LogP contribution >= 0.6 is 0 Å². The molecule has 0 spiro atoms. The number of alkyl halides is 2. The normalized spacial score (nSPS) is 14.0. The molecule has 1 N–H and O–H groups in total. The molecular formula is C19H19F2N3O5. The molecule has 3 rings (SSSR count). The average Bonchev–Trinajstić information content (AvgIpc) is 2.72. The Morgan fingerprint density at radius 2 is 1.90 bits per heavy atom. The summed E-state index contributed by atoms with van der Waals surface area (Å²) >= 11 is 0. The van der Waals surface area contributed by atoms with Crippen molar-refractivity contribution in [1.82, 2.24) is 5.32 Å². The van der Waals surface area contributed by atoms with Crippen LogP contribution in [0.2, 0.25) is 0 Å². The SMILES string of the molecule is O=C(NCc1ccc(OC(F)F)cc1)c1ccc(N2CCOCC2)c([N+](=O)[O-])c1. The minimum Gasteiger partial charge on any atom is -0.435 e. The number of amides is 1. The molecule has 1 aliphatic rings. The van der Waals surface area contributed by atoms with Gasteiger partial charge < -0.3 is 19.7 Å². The molecule has 29 heavy (non-hydrogen) atoms. The van der Waals surface area contributed by atoms with Crippen molar-refractivity contribution in [3.8, 4) is 5.75 Å². The maximum atomic E-state index is 12.4. The standard InChI is InChI=1S/C19H19F2N3O5/c20-19(21)29-15-4-1-13(2-5-15)12-22-18(25)14-3-6-16(17(11-14)24(26)27)23-7-9-28-10-8-23/h1-6,11,19H,7-10,12H2,(H,22,25). The summed E-state index contributed by atoms with van der Waals surface area (Å²) in [5.41, 5.74) is 1.13. The van der Waals surface area contributed by atoms with Gasteiger partial charge in [-0.05, 0) is 29.8 Å². The predicted octanol–water partition coefficient (Wildman–Crippen LogP) is 2.96. The molecule has 1 fully saturated rings. The molecule has 0 radical (unpaired) electrons.